The molecule has 9 heteroatoms. The van der Waals surface area contributed by atoms with Gasteiger partial charge in [-0.05, 0) is 26.3 Å². The summed E-state index contributed by atoms with van der Waals surface area (Å²) in [6.45, 7) is 4.40. The third kappa shape index (κ3) is 7.75. The fourth-order valence-corrected chi connectivity index (χ4v) is 1.97. The number of rotatable bonds is 7. The molecule has 0 amide bonds. The van der Waals surface area contributed by atoms with Gasteiger partial charge in [-0.1, -0.05) is 30.3 Å². The van der Waals surface area contributed by atoms with Crippen molar-refractivity contribution in [3.05, 3.63) is 35.9 Å². The first-order chi connectivity index (χ1) is 12.1. The summed E-state index contributed by atoms with van der Waals surface area (Å²) >= 11 is 0. The Morgan fingerprint density at radius 2 is 1.65 bits per heavy atom. The standard InChI is InChI=1S/C17H20O9/c1-11(9-17(2,3)26-25-14(20)13(18)19)24-16(22)15(21)23-10-12-7-5-4-6-8-12/h4-8,11H,9-10H2,1-3H3,(H,18,19). The molecule has 1 aromatic rings. The van der Waals surface area contributed by atoms with Crippen molar-refractivity contribution in [2.75, 3.05) is 0 Å². The number of carbonyl (C=O) groups excluding carboxylic acids is 3. The number of carboxylic acid groups (broad SMARTS) is 1. The number of carbonyl (C=O) groups is 4. The first-order valence-corrected chi connectivity index (χ1v) is 7.65. The average molecular weight is 368 g/mol. The van der Waals surface area contributed by atoms with Crippen LogP contribution in [-0.4, -0.2) is 40.7 Å². The van der Waals surface area contributed by atoms with Crippen molar-refractivity contribution < 1.29 is 43.5 Å². The molecule has 1 N–H and O–H groups in total. The molecule has 1 atom stereocenters. The van der Waals surface area contributed by atoms with E-state index < -0.39 is 35.6 Å². The molecule has 0 aliphatic carbocycles. The normalized spacial score (nSPS) is 12.0. The fraction of sp³-hybridized carbons (Fsp3) is 0.412. The summed E-state index contributed by atoms with van der Waals surface area (Å²) in [6, 6.07) is 8.81. The van der Waals surface area contributed by atoms with E-state index >= 15 is 0 Å². The molecule has 1 rings (SSSR count). The summed E-state index contributed by atoms with van der Waals surface area (Å²) in [5, 5.41) is 8.40. The van der Waals surface area contributed by atoms with Gasteiger partial charge >= 0.3 is 23.9 Å². The highest BCUT2D eigenvalue weighted by Gasteiger charge is 2.30. The predicted octanol–water partition coefficient (Wildman–Crippen LogP) is 1.39. The van der Waals surface area contributed by atoms with Crippen LogP contribution < -0.4 is 0 Å². The van der Waals surface area contributed by atoms with Gasteiger partial charge in [0, 0.05) is 6.42 Å². The summed E-state index contributed by atoms with van der Waals surface area (Å²) in [4.78, 5) is 53.4. The minimum atomic E-state index is -1.80. The molecule has 0 heterocycles. The molecule has 1 aromatic carbocycles. The van der Waals surface area contributed by atoms with Crippen LogP contribution >= 0.6 is 0 Å². The van der Waals surface area contributed by atoms with E-state index in [0.29, 0.717) is 0 Å². The van der Waals surface area contributed by atoms with Gasteiger partial charge in [-0.15, -0.1) is 0 Å². The summed E-state index contributed by atoms with van der Waals surface area (Å²) in [6.07, 6.45) is -0.761. The lowest BCUT2D eigenvalue weighted by molar-refractivity contribution is -0.327. The Morgan fingerprint density at radius 3 is 2.23 bits per heavy atom. The molecule has 0 saturated carbocycles. The van der Waals surface area contributed by atoms with Crippen LogP contribution in [0.1, 0.15) is 32.8 Å². The second-order valence-corrected chi connectivity index (χ2v) is 6.00. The van der Waals surface area contributed by atoms with Crippen molar-refractivity contribution in [2.45, 2.75) is 45.5 Å². The predicted molar refractivity (Wildman–Crippen MR) is 85.3 cm³/mol. The molecule has 0 fully saturated rings. The maximum Gasteiger partial charge on any atom is 0.449 e. The zero-order valence-electron chi connectivity index (χ0n) is 14.6. The number of hydrogen-bond acceptors (Lipinski definition) is 8. The van der Waals surface area contributed by atoms with Crippen molar-refractivity contribution in [1.82, 2.24) is 0 Å². The Bertz CT molecular complexity index is 651. The lowest BCUT2D eigenvalue weighted by atomic mass is 10.0. The Balaban J connectivity index is 2.41. The van der Waals surface area contributed by atoms with E-state index in [-0.39, 0.29) is 13.0 Å². The fourth-order valence-electron chi connectivity index (χ4n) is 1.97. The van der Waals surface area contributed by atoms with Crippen LogP contribution in [0, 0.1) is 0 Å². The zero-order chi connectivity index (χ0) is 19.7. The summed E-state index contributed by atoms with van der Waals surface area (Å²) in [5.74, 6) is -5.70. The van der Waals surface area contributed by atoms with E-state index in [9.17, 15) is 19.2 Å². The van der Waals surface area contributed by atoms with Crippen LogP contribution in [0.25, 0.3) is 0 Å². The minimum absolute atomic E-state index is 0.0254. The number of carboxylic acids is 1. The highest BCUT2D eigenvalue weighted by molar-refractivity contribution is 6.29. The Hall–Kier alpha value is -2.94. The first kappa shape index (κ1) is 21.1. The van der Waals surface area contributed by atoms with E-state index in [1.165, 1.54) is 20.8 Å². The maximum absolute atomic E-state index is 11.7. The van der Waals surface area contributed by atoms with Crippen LogP contribution in [-0.2, 0) is 45.0 Å². The van der Waals surface area contributed by atoms with Crippen LogP contribution in [0.2, 0.25) is 0 Å². The molecule has 1 unspecified atom stereocenters. The van der Waals surface area contributed by atoms with Crippen molar-refractivity contribution in [2.24, 2.45) is 0 Å². The largest absolute Gasteiger partial charge is 0.473 e. The maximum atomic E-state index is 11.7. The van der Waals surface area contributed by atoms with Gasteiger partial charge in [0.1, 0.15) is 18.3 Å². The van der Waals surface area contributed by atoms with Crippen LogP contribution in [0.5, 0.6) is 0 Å². The lowest BCUT2D eigenvalue weighted by Crippen LogP contribution is -2.34. The van der Waals surface area contributed by atoms with Gasteiger partial charge < -0.3 is 14.6 Å². The van der Waals surface area contributed by atoms with Gasteiger partial charge in [-0.3, -0.25) is 4.89 Å². The highest BCUT2D eigenvalue weighted by atomic mass is 17.2. The van der Waals surface area contributed by atoms with Gasteiger partial charge in [-0.25, -0.2) is 19.2 Å². The third-order valence-electron chi connectivity index (χ3n) is 2.98. The second-order valence-electron chi connectivity index (χ2n) is 6.00. The SMILES string of the molecule is CC(CC(C)(C)OOC(=O)C(=O)O)OC(=O)C(=O)OCc1ccccc1. The number of benzene rings is 1. The minimum Gasteiger partial charge on any atom is -0.473 e. The monoisotopic (exact) mass is 368 g/mol. The molecule has 0 bridgehead atoms. The Morgan fingerprint density at radius 1 is 1.04 bits per heavy atom. The van der Waals surface area contributed by atoms with E-state index in [1.807, 2.05) is 0 Å². The zero-order valence-corrected chi connectivity index (χ0v) is 14.6. The van der Waals surface area contributed by atoms with Crippen molar-refractivity contribution in [3.63, 3.8) is 0 Å². The molecule has 0 saturated heterocycles. The first-order valence-electron chi connectivity index (χ1n) is 7.65. The van der Waals surface area contributed by atoms with Crippen molar-refractivity contribution >= 4 is 23.9 Å². The number of hydrogen-bond donors (Lipinski definition) is 1. The number of ether oxygens (including phenoxy) is 2. The third-order valence-corrected chi connectivity index (χ3v) is 2.98. The van der Waals surface area contributed by atoms with Gasteiger partial charge in [0.15, 0.2) is 0 Å². The molecule has 0 aliphatic heterocycles. The smallest absolute Gasteiger partial charge is 0.449 e. The van der Waals surface area contributed by atoms with Gasteiger partial charge in [0.2, 0.25) is 0 Å². The highest BCUT2D eigenvalue weighted by Crippen LogP contribution is 2.19. The molecule has 26 heavy (non-hydrogen) atoms. The molecule has 9 nitrogen and oxygen atoms in total. The average Bonchev–Trinajstić information content (AvgIpc) is 2.57. The number of aliphatic carboxylic acids is 1. The molecule has 0 radical (unpaired) electrons. The van der Waals surface area contributed by atoms with E-state index in [2.05, 4.69) is 4.89 Å². The topological polar surface area (TPSA) is 125 Å². The molecule has 0 aliphatic rings. The van der Waals surface area contributed by atoms with E-state index in [4.69, 9.17) is 19.5 Å². The van der Waals surface area contributed by atoms with Gasteiger partial charge in [0.25, 0.3) is 0 Å². The van der Waals surface area contributed by atoms with Gasteiger partial charge in [-0.2, -0.15) is 4.89 Å². The van der Waals surface area contributed by atoms with Crippen molar-refractivity contribution in [3.8, 4) is 0 Å². The van der Waals surface area contributed by atoms with E-state index in [1.54, 1.807) is 30.3 Å². The molecule has 142 valence electrons. The summed E-state index contributed by atoms with van der Waals surface area (Å²) < 4.78 is 9.79. The number of esters is 2. The van der Waals surface area contributed by atoms with E-state index in [0.717, 1.165) is 5.56 Å². The summed E-state index contributed by atoms with van der Waals surface area (Å²) in [7, 11) is 0. The van der Waals surface area contributed by atoms with Gasteiger partial charge in [0.05, 0.1) is 0 Å². The Kier molecular flexibility index (Phi) is 7.73. The Labute approximate surface area is 149 Å². The molecular formula is C17H20O9. The molecule has 0 spiro atoms. The summed E-state index contributed by atoms with van der Waals surface area (Å²) in [5.41, 5.74) is -0.435. The van der Waals surface area contributed by atoms with Crippen molar-refractivity contribution in [1.29, 1.82) is 0 Å². The van der Waals surface area contributed by atoms with Crippen LogP contribution in [0.4, 0.5) is 0 Å². The second kappa shape index (κ2) is 9.52. The molecular weight excluding hydrogens is 348 g/mol. The molecule has 0 aromatic heterocycles. The quantitative estimate of drug-likeness (QED) is 0.329. The van der Waals surface area contributed by atoms with Crippen LogP contribution in [0.3, 0.4) is 0 Å². The lowest BCUT2D eigenvalue weighted by Gasteiger charge is -2.25. The van der Waals surface area contributed by atoms with Crippen LogP contribution in [0.15, 0.2) is 30.3 Å².